The van der Waals surface area contributed by atoms with E-state index in [1.165, 1.54) is 6.07 Å². The van der Waals surface area contributed by atoms with E-state index in [2.05, 4.69) is 4.98 Å². The second kappa shape index (κ2) is 2.97. The molecule has 0 saturated heterocycles. The van der Waals surface area contributed by atoms with Gasteiger partial charge in [0.1, 0.15) is 5.69 Å². The van der Waals surface area contributed by atoms with E-state index in [0.29, 0.717) is 11.6 Å². The fourth-order valence-corrected chi connectivity index (χ4v) is 1.55. The Morgan fingerprint density at radius 3 is 2.50 bits per heavy atom. The van der Waals surface area contributed by atoms with Crippen molar-refractivity contribution >= 4 is 0 Å². The molecule has 1 aromatic rings. The second-order valence-corrected chi connectivity index (χ2v) is 3.76. The van der Waals surface area contributed by atoms with Gasteiger partial charge in [0.25, 0.3) is 0 Å². The number of nitrogens with zero attached hydrogens (tertiary/aromatic N) is 1. The lowest BCUT2D eigenvalue weighted by Gasteiger charge is -2.06. The summed E-state index contributed by atoms with van der Waals surface area (Å²) in [5, 5.41) is 0. The van der Waals surface area contributed by atoms with Crippen LogP contribution in [0.4, 0.5) is 13.2 Å². The Balaban J connectivity index is 2.28. The predicted molar refractivity (Wildman–Crippen MR) is 45.8 cm³/mol. The SMILES string of the molecule is C[C@H]1CC1c1cccc(C(F)(F)F)n1. The molecule has 2 atom stereocenters. The summed E-state index contributed by atoms with van der Waals surface area (Å²) in [6, 6.07) is 4.11. The number of rotatable bonds is 1. The molecular weight excluding hydrogens is 191 g/mol. The lowest BCUT2D eigenvalue weighted by molar-refractivity contribution is -0.141. The molecule has 1 nitrogen and oxygen atoms in total. The highest BCUT2D eigenvalue weighted by atomic mass is 19.4. The Hall–Kier alpha value is -1.06. The molecule has 14 heavy (non-hydrogen) atoms. The Morgan fingerprint density at radius 2 is 2.00 bits per heavy atom. The number of pyridine rings is 1. The van der Waals surface area contributed by atoms with E-state index in [9.17, 15) is 13.2 Å². The highest BCUT2D eigenvalue weighted by Gasteiger charge is 2.38. The van der Waals surface area contributed by atoms with Gasteiger partial charge in [0.05, 0.1) is 0 Å². The third kappa shape index (κ3) is 1.74. The van der Waals surface area contributed by atoms with Crippen LogP contribution >= 0.6 is 0 Å². The lowest BCUT2D eigenvalue weighted by Crippen LogP contribution is -2.08. The van der Waals surface area contributed by atoms with E-state index in [-0.39, 0.29) is 5.92 Å². The van der Waals surface area contributed by atoms with Gasteiger partial charge in [0.15, 0.2) is 0 Å². The van der Waals surface area contributed by atoms with Gasteiger partial charge in [0, 0.05) is 11.6 Å². The minimum absolute atomic E-state index is 0.234. The quantitative estimate of drug-likeness (QED) is 0.679. The van der Waals surface area contributed by atoms with Crippen LogP contribution in [0.3, 0.4) is 0 Å². The van der Waals surface area contributed by atoms with Crippen molar-refractivity contribution in [3.63, 3.8) is 0 Å². The van der Waals surface area contributed by atoms with Crippen LogP contribution < -0.4 is 0 Å². The maximum atomic E-state index is 12.3. The van der Waals surface area contributed by atoms with E-state index in [0.717, 1.165) is 12.5 Å². The molecule has 0 bridgehead atoms. The summed E-state index contributed by atoms with van der Waals surface area (Å²) >= 11 is 0. The second-order valence-electron chi connectivity index (χ2n) is 3.76. The van der Waals surface area contributed by atoms with Gasteiger partial charge in [-0.2, -0.15) is 13.2 Å². The van der Waals surface area contributed by atoms with Crippen molar-refractivity contribution in [1.29, 1.82) is 0 Å². The van der Waals surface area contributed by atoms with Crippen LogP contribution in [-0.4, -0.2) is 4.98 Å². The van der Waals surface area contributed by atoms with Crippen molar-refractivity contribution < 1.29 is 13.2 Å². The summed E-state index contributed by atoms with van der Waals surface area (Å²) in [5.74, 6) is 0.711. The summed E-state index contributed by atoms with van der Waals surface area (Å²) in [6.07, 6.45) is -3.37. The maximum Gasteiger partial charge on any atom is 0.433 e. The van der Waals surface area contributed by atoms with Crippen molar-refractivity contribution in [3.8, 4) is 0 Å². The van der Waals surface area contributed by atoms with E-state index in [1.807, 2.05) is 6.92 Å². The number of hydrogen-bond acceptors (Lipinski definition) is 1. The zero-order valence-corrected chi connectivity index (χ0v) is 7.67. The van der Waals surface area contributed by atoms with Gasteiger partial charge in [-0.1, -0.05) is 13.0 Å². The van der Waals surface area contributed by atoms with E-state index < -0.39 is 11.9 Å². The molecule has 2 rings (SSSR count). The molecule has 1 heterocycles. The first-order valence-corrected chi connectivity index (χ1v) is 4.52. The fraction of sp³-hybridized carbons (Fsp3) is 0.500. The molecule has 1 unspecified atom stereocenters. The number of halogens is 3. The van der Waals surface area contributed by atoms with Crippen LogP contribution in [0.1, 0.15) is 30.7 Å². The smallest absolute Gasteiger partial charge is 0.248 e. The molecule has 1 aliphatic rings. The molecule has 1 aromatic heterocycles. The molecule has 4 heteroatoms. The minimum atomic E-state index is -4.33. The molecule has 1 aliphatic carbocycles. The zero-order valence-electron chi connectivity index (χ0n) is 7.67. The number of hydrogen-bond donors (Lipinski definition) is 0. The lowest BCUT2D eigenvalue weighted by atomic mass is 10.2. The van der Waals surface area contributed by atoms with Crippen LogP contribution in [0, 0.1) is 5.92 Å². The van der Waals surface area contributed by atoms with Crippen LogP contribution in [0.2, 0.25) is 0 Å². The summed E-state index contributed by atoms with van der Waals surface area (Å²) in [6.45, 7) is 2.02. The summed E-state index contributed by atoms with van der Waals surface area (Å²) < 4.78 is 36.9. The first-order valence-electron chi connectivity index (χ1n) is 4.52. The van der Waals surface area contributed by atoms with Crippen LogP contribution in [0.15, 0.2) is 18.2 Å². The topological polar surface area (TPSA) is 12.9 Å². The fourth-order valence-electron chi connectivity index (χ4n) is 1.55. The van der Waals surface area contributed by atoms with Gasteiger partial charge in [0.2, 0.25) is 0 Å². The van der Waals surface area contributed by atoms with Crippen molar-refractivity contribution in [2.75, 3.05) is 0 Å². The predicted octanol–water partition coefficient (Wildman–Crippen LogP) is 3.22. The molecular formula is C10H10F3N. The molecule has 0 radical (unpaired) electrons. The Bertz CT molecular complexity index is 345. The van der Waals surface area contributed by atoms with Crippen molar-refractivity contribution in [1.82, 2.24) is 4.98 Å². The van der Waals surface area contributed by atoms with E-state index in [1.54, 1.807) is 6.07 Å². The average molecular weight is 201 g/mol. The van der Waals surface area contributed by atoms with Crippen molar-refractivity contribution in [2.24, 2.45) is 5.92 Å². The van der Waals surface area contributed by atoms with Crippen LogP contribution in [0.5, 0.6) is 0 Å². The summed E-state index contributed by atoms with van der Waals surface area (Å²) in [4.78, 5) is 3.63. The largest absolute Gasteiger partial charge is 0.433 e. The van der Waals surface area contributed by atoms with Crippen LogP contribution in [0.25, 0.3) is 0 Å². The Morgan fingerprint density at radius 1 is 1.36 bits per heavy atom. The molecule has 0 aromatic carbocycles. The Labute approximate surface area is 80.0 Å². The maximum absolute atomic E-state index is 12.3. The molecule has 1 fully saturated rings. The molecule has 1 saturated carbocycles. The van der Waals surface area contributed by atoms with Gasteiger partial charge in [-0.25, -0.2) is 4.98 Å². The highest BCUT2D eigenvalue weighted by molar-refractivity contribution is 5.21. The highest BCUT2D eigenvalue weighted by Crippen LogP contribution is 2.46. The molecule has 0 N–H and O–H groups in total. The van der Waals surface area contributed by atoms with Gasteiger partial charge in [-0.3, -0.25) is 0 Å². The number of alkyl halides is 3. The molecule has 0 spiro atoms. The van der Waals surface area contributed by atoms with Gasteiger partial charge in [-0.05, 0) is 24.5 Å². The van der Waals surface area contributed by atoms with Gasteiger partial charge >= 0.3 is 6.18 Å². The molecule has 76 valence electrons. The standard InChI is InChI=1S/C10H10F3N/c1-6-5-7(6)8-3-2-4-9(14-8)10(11,12)13/h2-4,6-7H,5H2,1H3/t6-,7?/m0/s1. The third-order valence-corrected chi connectivity index (χ3v) is 2.55. The summed E-state index contributed by atoms with van der Waals surface area (Å²) in [7, 11) is 0. The number of aromatic nitrogens is 1. The molecule has 0 aliphatic heterocycles. The Kier molecular flexibility index (Phi) is 2.01. The average Bonchev–Trinajstić information content (AvgIpc) is 2.82. The molecule has 0 amide bonds. The van der Waals surface area contributed by atoms with Crippen LogP contribution in [-0.2, 0) is 6.18 Å². The first kappa shape index (κ1) is 9.49. The van der Waals surface area contributed by atoms with Gasteiger partial charge < -0.3 is 0 Å². The van der Waals surface area contributed by atoms with E-state index >= 15 is 0 Å². The van der Waals surface area contributed by atoms with Gasteiger partial charge in [-0.15, -0.1) is 0 Å². The summed E-state index contributed by atoms with van der Waals surface area (Å²) in [5.41, 5.74) is -0.207. The normalized spacial score (nSPS) is 26.3. The monoisotopic (exact) mass is 201 g/mol. The third-order valence-electron chi connectivity index (χ3n) is 2.55. The van der Waals surface area contributed by atoms with Crippen molar-refractivity contribution in [3.05, 3.63) is 29.6 Å². The first-order chi connectivity index (χ1) is 6.48. The zero-order chi connectivity index (χ0) is 10.3. The van der Waals surface area contributed by atoms with E-state index in [4.69, 9.17) is 0 Å². The minimum Gasteiger partial charge on any atom is -0.248 e. The van der Waals surface area contributed by atoms with Crippen molar-refractivity contribution in [2.45, 2.75) is 25.4 Å².